The van der Waals surface area contributed by atoms with Gasteiger partial charge in [-0.05, 0) is 12.5 Å². The second-order valence-corrected chi connectivity index (χ2v) is 5.25. The minimum absolute atomic E-state index is 0.0825. The van der Waals surface area contributed by atoms with Crippen molar-refractivity contribution < 1.29 is 19.2 Å². The van der Waals surface area contributed by atoms with Crippen molar-refractivity contribution in [1.29, 1.82) is 0 Å². The monoisotopic (exact) mass is 292 g/mol. The van der Waals surface area contributed by atoms with E-state index in [1.54, 1.807) is 11.0 Å². The Morgan fingerprint density at radius 1 is 1.33 bits per heavy atom. The number of hydrogen-bond donors (Lipinski definition) is 0. The van der Waals surface area contributed by atoms with Gasteiger partial charge in [-0.1, -0.05) is 6.07 Å². The molecule has 0 bridgehead atoms. The van der Waals surface area contributed by atoms with Gasteiger partial charge >= 0.3 is 0 Å². The summed E-state index contributed by atoms with van der Waals surface area (Å²) in [5.74, 6) is -0.911. The van der Waals surface area contributed by atoms with Crippen LogP contribution in [0.15, 0.2) is 24.3 Å². The molecular weight excluding hydrogens is 276 g/mol. The topological polar surface area (TPSA) is 81.9 Å². The predicted octanol–water partition coefficient (Wildman–Crippen LogP) is 1.57. The summed E-state index contributed by atoms with van der Waals surface area (Å²) in [7, 11) is 0. The summed E-state index contributed by atoms with van der Waals surface area (Å²) in [5.41, 5.74) is 0.236. The van der Waals surface area contributed by atoms with Crippen LogP contribution < -0.4 is 0 Å². The highest BCUT2D eigenvalue weighted by Gasteiger charge is 2.42. The molecule has 1 amide bonds. The fourth-order valence-corrected chi connectivity index (χ4v) is 2.83. The first-order chi connectivity index (χ1) is 10.1. The molecule has 1 spiro atoms. The van der Waals surface area contributed by atoms with Gasteiger partial charge in [0.25, 0.3) is 11.6 Å². The molecule has 0 radical (unpaired) electrons. The molecule has 112 valence electrons. The number of amides is 1. The molecule has 0 atom stereocenters. The summed E-state index contributed by atoms with van der Waals surface area (Å²) in [6.07, 6.45) is 1.56. The molecule has 2 fully saturated rings. The van der Waals surface area contributed by atoms with E-state index in [-0.39, 0.29) is 11.6 Å². The molecule has 0 aromatic heterocycles. The number of nitro benzene ring substituents is 1. The van der Waals surface area contributed by atoms with Crippen molar-refractivity contribution in [3.05, 3.63) is 39.9 Å². The number of carbonyl (C=O) groups is 1. The van der Waals surface area contributed by atoms with Gasteiger partial charge in [0.05, 0.1) is 24.7 Å². The number of piperidine rings is 1. The Bertz CT molecular complexity index is 568. The van der Waals surface area contributed by atoms with Crippen LogP contribution in [0.25, 0.3) is 0 Å². The first-order valence-corrected chi connectivity index (χ1v) is 6.91. The van der Waals surface area contributed by atoms with Crippen LogP contribution in [0, 0.1) is 10.1 Å². The van der Waals surface area contributed by atoms with Crippen molar-refractivity contribution in [2.75, 3.05) is 26.3 Å². The van der Waals surface area contributed by atoms with Crippen LogP contribution in [0.4, 0.5) is 5.69 Å². The van der Waals surface area contributed by atoms with Gasteiger partial charge in [-0.25, -0.2) is 0 Å². The molecule has 0 N–H and O–H groups in total. The quantitative estimate of drug-likeness (QED) is 0.610. The van der Waals surface area contributed by atoms with E-state index in [9.17, 15) is 14.9 Å². The molecule has 2 aliphatic heterocycles. The maximum absolute atomic E-state index is 12.5. The normalized spacial score (nSPS) is 20.7. The van der Waals surface area contributed by atoms with E-state index in [0.29, 0.717) is 31.9 Å². The first kappa shape index (κ1) is 14.0. The number of nitrogens with zero attached hydrogens (tertiary/aromatic N) is 2. The summed E-state index contributed by atoms with van der Waals surface area (Å²) >= 11 is 0. The van der Waals surface area contributed by atoms with Crippen molar-refractivity contribution >= 4 is 11.6 Å². The number of non-ortho nitro benzene ring substituents is 1. The van der Waals surface area contributed by atoms with E-state index in [2.05, 4.69) is 0 Å². The summed E-state index contributed by atoms with van der Waals surface area (Å²) in [5, 5.41) is 10.8. The predicted molar refractivity (Wildman–Crippen MR) is 72.9 cm³/mol. The highest BCUT2D eigenvalue weighted by Crippen LogP contribution is 2.30. The lowest BCUT2D eigenvalue weighted by atomic mass is 10.0. The zero-order chi connectivity index (χ0) is 14.9. The van der Waals surface area contributed by atoms with Crippen molar-refractivity contribution in [1.82, 2.24) is 4.90 Å². The molecule has 2 aliphatic rings. The van der Waals surface area contributed by atoms with Gasteiger partial charge in [-0.3, -0.25) is 14.9 Å². The lowest BCUT2D eigenvalue weighted by Gasteiger charge is -2.38. The van der Waals surface area contributed by atoms with Gasteiger partial charge in [0.15, 0.2) is 5.79 Å². The third kappa shape index (κ3) is 2.74. The number of nitro groups is 1. The minimum Gasteiger partial charge on any atom is -0.346 e. The van der Waals surface area contributed by atoms with Gasteiger partial charge in [0.2, 0.25) is 0 Å². The highest BCUT2D eigenvalue weighted by molar-refractivity contribution is 5.95. The fraction of sp³-hybridized carbons (Fsp3) is 0.500. The fourth-order valence-electron chi connectivity index (χ4n) is 2.83. The SMILES string of the molecule is O=C(c1cccc([N+](=O)[O-])c1)N1CCCC2(C1)OCCO2. The molecule has 0 aliphatic carbocycles. The number of hydrogen-bond acceptors (Lipinski definition) is 5. The maximum Gasteiger partial charge on any atom is 0.270 e. The molecule has 1 aromatic rings. The van der Waals surface area contributed by atoms with Crippen LogP contribution >= 0.6 is 0 Å². The average molecular weight is 292 g/mol. The summed E-state index contributed by atoms with van der Waals surface area (Å²) in [6, 6.07) is 5.79. The first-order valence-electron chi connectivity index (χ1n) is 6.91. The zero-order valence-corrected chi connectivity index (χ0v) is 11.5. The Balaban J connectivity index is 1.78. The van der Waals surface area contributed by atoms with Crippen LogP contribution in [-0.2, 0) is 9.47 Å². The van der Waals surface area contributed by atoms with Crippen molar-refractivity contribution in [2.24, 2.45) is 0 Å². The molecule has 0 saturated carbocycles. The number of likely N-dealkylation sites (tertiary alicyclic amines) is 1. The number of rotatable bonds is 2. The van der Waals surface area contributed by atoms with Gasteiger partial charge in [0.1, 0.15) is 0 Å². The van der Waals surface area contributed by atoms with E-state index in [0.717, 1.165) is 12.8 Å². The molecule has 0 unspecified atom stereocenters. The molecule has 2 heterocycles. The standard InChI is InChI=1S/C14H16N2O5/c17-13(11-3-1-4-12(9-11)16(18)19)15-6-2-5-14(10-15)20-7-8-21-14/h1,3-4,9H,2,5-8,10H2. The smallest absolute Gasteiger partial charge is 0.270 e. The van der Waals surface area contributed by atoms with E-state index >= 15 is 0 Å². The van der Waals surface area contributed by atoms with Crippen LogP contribution in [-0.4, -0.2) is 47.8 Å². The lowest BCUT2D eigenvalue weighted by molar-refractivity contribution is -0.384. The lowest BCUT2D eigenvalue weighted by Crippen LogP contribution is -2.51. The van der Waals surface area contributed by atoms with Crippen molar-refractivity contribution in [2.45, 2.75) is 18.6 Å². The Kier molecular flexibility index (Phi) is 3.60. The van der Waals surface area contributed by atoms with E-state index in [4.69, 9.17) is 9.47 Å². The third-order valence-corrected chi connectivity index (χ3v) is 3.82. The van der Waals surface area contributed by atoms with Crippen LogP contribution in [0.1, 0.15) is 23.2 Å². The van der Waals surface area contributed by atoms with Crippen LogP contribution in [0.3, 0.4) is 0 Å². The maximum atomic E-state index is 12.5. The van der Waals surface area contributed by atoms with Crippen molar-refractivity contribution in [3.8, 4) is 0 Å². The molecule has 21 heavy (non-hydrogen) atoms. The summed E-state index contributed by atoms with van der Waals surface area (Å²) in [6.45, 7) is 2.06. The highest BCUT2D eigenvalue weighted by atomic mass is 16.7. The largest absolute Gasteiger partial charge is 0.346 e. The molecule has 7 heteroatoms. The van der Waals surface area contributed by atoms with Gasteiger partial charge < -0.3 is 14.4 Å². The molecule has 3 rings (SSSR count). The second kappa shape index (κ2) is 5.42. The van der Waals surface area contributed by atoms with Crippen LogP contribution in [0.2, 0.25) is 0 Å². The Hall–Kier alpha value is -1.99. The van der Waals surface area contributed by atoms with Crippen LogP contribution in [0.5, 0.6) is 0 Å². The Morgan fingerprint density at radius 2 is 2.10 bits per heavy atom. The van der Waals surface area contributed by atoms with Gasteiger partial charge in [-0.15, -0.1) is 0 Å². The number of benzene rings is 1. The third-order valence-electron chi connectivity index (χ3n) is 3.82. The molecule has 7 nitrogen and oxygen atoms in total. The summed E-state index contributed by atoms with van der Waals surface area (Å²) in [4.78, 5) is 24.4. The van der Waals surface area contributed by atoms with E-state index < -0.39 is 10.7 Å². The van der Waals surface area contributed by atoms with Crippen molar-refractivity contribution in [3.63, 3.8) is 0 Å². The average Bonchev–Trinajstić information content (AvgIpc) is 2.94. The number of ether oxygens (including phenoxy) is 2. The molecule has 1 aromatic carbocycles. The van der Waals surface area contributed by atoms with E-state index in [1.807, 2.05) is 0 Å². The minimum atomic E-state index is -0.686. The van der Waals surface area contributed by atoms with Gasteiger partial charge in [0, 0.05) is 30.7 Å². The number of carbonyl (C=O) groups excluding carboxylic acids is 1. The second-order valence-electron chi connectivity index (χ2n) is 5.25. The van der Waals surface area contributed by atoms with E-state index in [1.165, 1.54) is 18.2 Å². The molecule has 2 saturated heterocycles. The zero-order valence-electron chi connectivity index (χ0n) is 11.5. The Labute approximate surface area is 121 Å². The summed E-state index contributed by atoms with van der Waals surface area (Å²) < 4.78 is 11.3. The van der Waals surface area contributed by atoms with Gasteiger partial charge in [-0.2, -0.15) is 0 Å². The molecular formula is C14H16N2O5. The Morgan fingerprint density at radius 3 is 2.81 bits per heavy atom.